The van der Waals surface area contributed by atoms with Crippen molar-refractivity contribution in [3.05, 3.63) is 29.8 Å². The third-order valence-electron chi connectivity index (χ3n) is 2.17. The molecule has 1 aromatic rings. The van der Waals surface area contributed by atoms with Crippen LogP contribution in [0, 0.1) is 0 Å². The second-order valence-corrected chi connectivity index (χ2v) is 3.58. The molecule has 0 saturated heterocycles. The third kappa shape index (κ3) is 4.31. The van der Waals surface area contributed by atoms with Crippen LogP contribution in [0.2, 0.25) is 0 Å². The van der Waals surface area contributed by atoms with E-state index in [2.05, 4.69) is 22.9 Å². The first kappa shape index (κ1) is 12.5. The molecular formula is C12H19N3O. The van der Waals surface area contributed by atoms with Crippen molar-refractivity contribution in [2.75, 3.05) is 18.9 Å². The van der Waals surface area contributed by atoms with Gasteiger partial charge in [0.05, 0.1) is 0 Å². The van der Waals surface area contributed by atoms with E-state index in [1.165, 1.54) is 5.56 Å². The number of hydrogen-bond acceptors (Lipinski definition) is 2. The summed E-state index contributed by atoms with van der Waals surface area (Å²) in [5, 5.41) is 8.58. The predicted octanol–water partition coefficient (Wildman–Crippen LogP) is 1.94. The average molecular weight is 221 g/mol. The smallest absolute Gasteiger partial charge is 0.318 e. The molecule has 2 amide bonds. The largest absolute Gasteiger partial charge is 0.341 e. The Morgan fingerprint density at radius 3 is 2.88 bits per heavy atom. The molecule has 0 fully saturated rings. The van der Waals surface area contributed by atoms with E-state index in [1.807, 2.05) is 24.3 Å². The summed E-state index contributed by atoms with van der Waals surface area (Å²) in [6, 6.07) is 7.63. The van der Waals surface area contributed by atoms with Gasteiger partial charge in [-0.25, -0.2) is 4.79 Å². The van der Waals surface area contributed by atoms with Gasteiger partial charge in [-0.3, -0.25) is 0 Å². The van der Waals surface area contributed by atoms with Crippen LogP contribution in [0.3, 0.4) is 0 Å². The number of carbonyl (C=O) groups excluding carboxylic acids is 1. The Morgan fingerprint density at radius 1 is 1.38 bits per heavy atom. The second-order valence-electron chi connectivity index (χ2n) is 3.58. The quantitative estimate of drug-likeness (QED) is 0.665. The van der Waals surface area contributed by atoms with Gasteiger partial charge < -0.3 is 16.0 Å². The molecule has 0 saturated carbocycles. The van der Waals surface area contributed by atoms with E-state index in [4.69, 9.17) is 0 Å². The Balaban J connectivity index is 2.53. The fourth-order valence-corrected chi connectivity index (χ4v) is 1.36. The molecule has 0 spiro atoms. The van der Waals surface area contributed by atoms with Gasteiger partial charge in [0, 0.05) is 19.3 Å². The summed E-state index contributed by atoms with van der Waals surface area (Å²) in [4.78, 5) is 11.1. The van der Waals surface area contributed by atoms with Crippen molar-refractivity contribution in [3.63, 3.8) is 0 Å². The van der Waals surface area contributed by atoms with Crippen molar-refractivity contribution in [1.82, 2.24) is 10.6 Å². The monoisotopic (exact) mass is 221 g/mol. The van der Waals surface area contributed by atoms with Crippen LogP contribution in [0.1, 0.15) is 18.9 Å². The Labute approximate surface area is 96.4 Å². The van der Waals surface area contributed by atoms with Gasteiger partial charge in [0.1, 0.15) is 0 Å². The third-order valence-corrected chi connectivity index (χ3v) is 2.17. The Morgan fingerprint density at radius 2 is 2.19 bits per heavy atom. The molecular weight excluding hydrogens is 202 g/mol. The van der Waals surface area contributed by atoms with Crippen molar-refractivity contribution in [2.45, 2.75) is 19.9 Å². The van der Waals surface area contributed by atoms with Crippen molar-refractivity contribution in [2.24, 2.45) is 0 Å². The van der Waals surface area contributed by atoms with Crippen molar-refractivity contribution in [3.8, 4) is 0 Å². The van der Waals surface area contributed by atoms with Gasteiger partial charge in [-0.15, -0.1) is 0 Å². The molecule has 4 heteroatoms. The van der Waals surface area contributed by atoms with Crippen LogP contribution < -0.4 is 16.0 Å². The standard InChI is InChI=1S/C12H19N3O/c1-3-7-14-9-10-5-4-6-11(8-10)15-12(16)13-2/h4-6,8,14H,3,7,9H2,1-2H3,(H2,13,15,16). The maximum Gasteiger partial charge on any atom is 0.318 e. The molecule has 0 unspecified atom stereocenters. The number of anilines is 1. The fraction of sp³-hybridized carbons (Fsp3) is 0.417. The van der Waals surface area contributed by atoms with Crippen LogP contribution in [0.15, 0.2) is 24.3 Å². The van der Waals surface area contributed by atoms with Crippen LogP contribution in [0.5, 0.6) is 0 Å². The molecule has 16 heavy (non-hydrogen) atoms. The normalized spacial score (nSPS) is 9.88. The summed E-state index contributed by atoms with van der Waals surface area (Å²) in [6.07, 6.45) is 1.12. The molecule has 0 bridgehead atoms. The number of urea groups is 1. The maximum absolute atomic E-state index is 11.1. The first-order chi connectivity index (χ1) is 7.76. The zero-order chi connectivity index (χ0) is 11.8. The van der Waals surface area contributed by atoms with Gasteiger partial charge in [-0.1, -0.05) is 19.1 Å². The minimum absolute atomic E-state index is 0.196. The van der Waals surface area contributed by atoms with E-state index < -0.39 is 0 Å². The van der Waals surface area contributed by atoms with E-state index >= 15 is 0 Å². The summed E-state index contributed by atoms with van der Waals surface area (Å²) >= 11 is 0. The lowest BCUT2D eigenvalue weighted by Gasteiger charge is -2.07. The number of hydrogen-bond donors (Lipinski definition) is 3. The van der Waals surface area contributed by atoms with Crippen LogP contribution in [-0.2, 0) is 6.54 Å². The predicted molar refractivity (Wildman–Crippen MR) is 66.5 cm³/mol. The summed E-state index contributed by atoms with van der Waals surface area (Å²) in [5.41, 5.74) is 1.98. The molecule has 0 radical (unpaired) electrons. The highest BCUT2D eigenvalue weighted by molar-refractivity contribution is 5.89. The van der Waals surface area contributed by atoms with Gasteiger partial charge in [0.2, 0.25) is 0 Å². The summed E-state index contributed by atoms with van der Waals surface area (Å²) in [6.45, 7) is 3.97. The number of benzene rings is 1. The van der Waals surface area contributed by atoms with Crippen molar-refractivity contribution >= 4 is 11.7 Å². The zero-order valence-corrected chi connectivity index (χ0v) is 9.84. The molecule has 0 aliphatic heterocycles. The second kappa shape index (κ2) is 6.85. The molecule has 88 valence electrons. The topological polar surface area (TPSA) is 53.2 Å². The lowest BCUT2D eigenvalue weighted by Crippen LogP contribution is -2.24. The SMILES string of the molecule is CCCNCc1cccc(NC(=O)NC)c1. The molecule has 1 aromatic carbocycles. The van der Waals surface area contributed by atoms with Gasteiger partial charge in [-0.2, -0.15) is 0 Å². The van der Waals surface area contributed by atoms with E-state index in [0.717, 1.165) is 25.2 Å². The molecule has 3 N–H and O–H groups in total. The van der Waals surface area contributed by atoms with Gasteiger partial charge in [0.25, 0.3) is 0 Å². The highest BCUT2D eigenvalue weighted by Gasteiger charge is 1.99. The lowest BCUT2D eigenvalue weighted by molar-refractivity contribution is 0.254. The molecule has 0 aliphatic carbocycles. The van der Waals surface area contributed by atoms with Gasteiger partial charge in [0.15, 0.2) is 0 Å². The lowest BCUT2D eigenvalue weighted by atomic mass is 10.2. The molecule has 0 aliphatic rings. The van der Waals surface area contributed by atoms with Gasteiger partial charge >= 0.3 is 6.03 Å². The Bertz CT molecular complexity index is 339. The first-order valence-corrected chi connectivity index (χ1v) is 5.54. The minimum Gasteiger partial charge on any atom is -0.341 e. The molecule has 0 heterocycles. The van der Waals surface area contributed by atoms with Crippen molar-refractivity contribution < 1.29 is 4.79 Å². The van der Waals surface area contributed by atoms with Crippen LogP contribution in [0.4, 0.5) is 10.5 Å². The van der Waals surface area contributed by atoms with Crippen LogP contribution in [0.25, 0.3) is 0 Å². The number of amides is 2. The van der Waals surface area contributed by atoms with E-state index in [1.54, 1.807) is 7.05 Å². The highest BCUT2D eigenvalue weighted by atomic mass is 16.2. The molecule has 1 rings (SSSR count). The fourth-order valence-electron chi connectivity index (χ4n) is 1.36. The van der Waals surface area contributed by atoms with E-state index in [9.17, 15) is 4.79 Å². The summed E-state index contributed by atoms with van der Waals surface area (Å²) < 4.78 is 0. The first-order valence-electron chi connectivity index (χ1n) is 5.54. The number of rotatable bonds is 5. The number of nitrogens with one attached hydrogen (secondary N) is 3. The van der Waals surface area contributed by atoms with Gasteiger partial charge in [-0.05, 0) is 30.7 Å². The highest BCUT2D eigenvalue weighted by Crippen LogP contribution is 2.10. The summed E-state index contributed by atoms with van der Waals surface area (Å²) in [7, 11) is 1.60. The Kier molecular flexibility index (Phi) is 5.36. The summed E-state index contributed by atoms with van der Waals surface area (Å²) in [5.74, 6) is 0. The van der Waals surface area contributed by atoms with E-state index in [0.29, 0.717) is 0 Å². The van der Waals surface area contributed by atoms with Crippen LogP contribution >= 0.6 is 0 Å². The molecule has 0 atom stereocenters. The Hall–Kier alpha value is -1.55. The van der Waals surface area contributed by atoms with Crippen LogP contribution in [-0.4, -0.2) is 19.6 Å². The van der Waals surface area contributed by atoms with E-state index in [-0.39, 0.29) is 6.03 Å². The average Bonchev–Trinajstić information content (AvgIpc) is 2.30. The minimum atomic E-state index is -0.196. The molecule has 4 nitrogen and oxygen atoms in total. The van der Waals surface area contributed by atoms with Crippen molar-refractivity contribution in [1.29, 1.82) is 0 Å². The zero-order valence-electron chi connectivity index (χ0n) is 9.84. The molecule has 0 aromatic heterocycles. The number of carbonyl (C=O) groups is 1. The maximum atomic E-state index is 11.1.